The van der Waals surface area contributed by atoms with E-state index >= 15 is 0 Å². The first kappa shape index (κ1) is 17.3. The molecule has 0 unspecified atom stereocenters. The number of anilines is 1. The Bertz CT molecular complexity index is 913. The number of amides is 1. The molecule has 0 fully saturated rings. The number of aryl methyl sites for hydroxylation is 1. The van der Waals surface area contributed by atoms with Gasteiger partial charge in [-0.1, -0.05) is 13.3 Å². The largest absolute Gasteiger partial charge is 0.307 e. The minimum atomic E-state index is -0.465. The summed E-state index contributed by atoms with van der Waals surface area (Å²) in [6, 6.07) is 7.68. The second-order valence-corrected chi connectivity index (χ2v) is 5.69. The van der Waals surface area contributed by atoms with Crippen molar-refractivity contribution < 1.29 is 9.72 Å². The van der Waals surface area contributed by atoms with Crippen molar-refractivity contribution >= 4 is 17.4 Å². The lowest BCUT2D eigenvalue weighted by atomic mass is 10.3. The highest BCUT2D eigenvalue weighted by atomic mass is 16.6. The Morgan fingerprint density at radius 2 is 2.00 bits per heavy atom. The van der Waals surface area contributed by atoms with Gasteiger partial charge in [-0.05, 0) is 18.6 Å². The van der Waals surface area contributed by atoms with Gasteiger partial charge in [0.25, 0.3) is 11.6 Å². The van der Waals surface area contributed by atoms with E-state index in [0.717, 1.165) is 19.4 Å². The molecule has 1 amide bonds. The van der Waals surface area contributed by atoms with Crippen LogP contribution >= 0.6 is 0 Å². The molecule has 0 saturated carbocycles. The van der Waals surface area contributed by atoms with Gasteiger partial charge in [-0.25, -0.2) is 9.36 Å². The number of hydrogen-bond donors (Lipinski definition) is 1. The molecule has 2 aromatic heterocycles. The van der Waals surface area contributed by atoms with E-state index in [1.54, 1.807) is 35.3 Å². The molecule has 3 aromatic rings. The third-order valence-corrected chi connectivity index (χ3v) is 3.85. The second-order valence-electron chi connectivity index (χ2n) is 5.69. The molecule has 2 heterocycles. The molecular formula is C17H18N6O3. The van der Waals surface area contributed by atoms with E-state index in [2.05, 4.69) is 22.4 Å². The number of rotatable bonds is 7. The van der Waals surface area contributed by atoms with E-state index < -0.39 is 4.92 Å². The summed E-state index contributed by atoms with van der Waals surface area (Å²) >= 11 is 0. The van der Waals surface area contributed by atoms with Crippen LogP contribution in [0, 0.1) is 10.1 Å². The van der Waals surface area contributed by atoms with Crippen molar-refractivity contribution in [2.75, 3.05) is 5.32 Å². The minimum absolute atomic E-state index is 0.000728. The summed E-state index contributed by atoms with van der Waals surface area (Å²) in [5, 5.41) is 21.9. The third-order valence-electron chi connectivity index (χ3n) is 3.85. The molecule has 0 aliphatic carbocycles. The minimum Gasteiger partial charge on any atom is -0.307 e. The molecule has 0 spiro atoms. The van der Waals surface area contributed by atoms with E-state index in [0.29, 0.717) is 17.1 Å². The van der Waals surface area contributed by atoms with Crippen molar-refractivity contribution in [3.63, 3.8) is 0 Å². The molecular weight excluding hydrogens is 336 g/mol. The van der Waals surface area contributed by atoms with Crippen LogP contribution in [-0.4, -0.2) is 30.4 Å². The van der Waals surface area contributed by atoms with Crippen molar-refractivity contribution in [2.24, 2.45) is 0 Å². The quantitative estimate of drug-likeness (QED) is 0.518. The Labute approximate surface area is 149 Å². The predicted octanol–water partition coefficient (Wildman–Crippen LogP) is 3.03. The Balaban J connectivity index is 1.72. The summed E-state index contributed by atoms with van der Waals surface area (Å²) in [4.78, 5) is 22.7. The number of nitrogens with one attached hydrogen (secondary N) is 1. The fourth-order valence-corrected chi connectivity index (χ4v) is 2.42. The summed E-state index contributed by atoms with van der Waals surface area (Å²) in [6.07, 6.45) is 6.68. The van der Waals surface area contributed by atoms with Gasteiger partial charge in [-0.15, -0.1) is 0 Å². The molecule has 0 radical (unpaired) electrons. The molecule has 0 atom stereocenters. The number of hydrogen-bond acceptors (Lipinski definition) is 5. The third kappa shape index (κ3) is 3.77. The van der Waals surface area contributed by atoms with E-state index in [1.807, 2.05) is 0 Å². The average molecular weight is 354 g/mol. The maximum Gasteiger partial charge on any atom is 0.269 e. The molecule has 1 N–H and O–H groups in total. The SMILES string of the molecule is CCCCn1nccc1NC(=O)c1cnn(-c2ccc([N+](=O)[O-])cc2)c1. The lowest BCUT2D eigenvalue weighted by molar-refractivity contribution is -0.384. The second kappa shape index (κ2) is 7.60. The number of nitrogens with zero attached hydrogens (tertiary/aromatic N) is 5. The van der Waals surface area contributed by atoms with Crippen molar-refractivity contribution in [3.05, 3.63) is 64.6 Å². The molecule has 9 nitrogen and oxygen atoms in total. The lowest BCUT2D eigenvalue weighted by Gasteiger charge is -2.07. The number of aromatic nitrogens is 4. The maximum atomic E-state index is 12.4. The zero-order valence-electron chi connectivity index (χ0n) is 14.2. The number of non-ortho nitro benzene ring substituents is 1. The number of nitro benzene ring substituents is 1. The highest BCUT2D eigenvalue weighted by molar-refractivity contribution is 6.03. The first-order chi connectivity index (χ1) is 12.6. The zero-order valence-corrected chi connectivity index (χ0v) is 14.2. The maximum absolute atomic E-state index is 12.4. The molecule has 26 heavy (non-hydrogen) atoms. The average Bonchev–Trinajstić information content (AvgIpc) is 3.29. The van der Waals surface area contributed by atoms with Gasteiger partial charge in [0.2, 0.25) is 0 Å². The van der Waals surface area contributed by atoms with E-state index in [9.17, 15) is 14.9 Å². The van der Waals surface area contributed by atoms with Crippen LogP contribution in [0.4, 0.5) is 11.5 Å². The van der Waals surface area contributed by atoms with Gasteiger partial charge in [-0.3, -0.25) is 14.9 Å². The van der Waals surface area contributed by atoms with Gasteiger partial charge in [-0.2, -0.15) is 10.2 Å². The van der Waals surface area contributed by atoms with Crippen LogP contribution in [0.1, 0.15) is 30.1 Å². The standard InChI is InChI=1S/C17H18N6O3/c1-2-3-10-21-16(8-9-18-21)20-17(24)13-11-19-22(12-13)14-4-6-15(7-5-14)23(25)26/h4-9,11-12H,2-3,10H2,1H3,(H,20,24). The summed E-state index contributed by atoms with van der Waals surface area (Å²) in [5.41, 5.74) is 1.01. The van der Waals surface area contributed by atoms with Crippen molar-refractivity contribution in [2.45, 2.75) is 26.3 Å². The van der Waals surface area contributed by atoms with Gasteiger partial charge in [0, 0.05) is 30.9 Å². The summed E-state index contributed by atoms with van der Waals surface area (Å²) in [7, 11) is 0. The van der Waals surface area contributed by atoms with E-state index in [4.69, 9.17) is 0 Å². The lowest BCUT2D eigenvalue weighted by Crippen LogP contribution is -2.15. The zero-order chi connectivity index (χ0) is 18.5. The molecule has 0 bridgehead atoms. The number of nitro groups is 1. The first-order valence-corrected chi connectivity index (χ1v) is 8.21. The smallest absolute Gasteiger partial charge is 0.269 e. The highest BCUT2D eigenvalue weighted by Crippen LogP contribution is 2.16. The first-order valence-electron chi connectivity index (χ1n) is 8.21. The summed E-state index contributed by atoms with van der Waals surface area (Å²) in [5.74, 6) is 0.336. The number of carbonyl (C=O) groups is 1. The van der Waals surface area contributed by atoms with Crippen molar-refractivity contribution in [1.29, 1.82) is 0 Å². The van der Waals surface area contributed by atoms with Crippen LogP contribution in [0.25, 0.3) is 5.69 Å². The summed E-state index contributed by atoms with van der Waals surface area (Å²) in [6.45, 7) is 2.83. The van der Waals surface area contributed by atoms with E-state index in [-0.39, 0.29) is 11.6 Å². The van der Waals surface area contributed by atoms with Crippen molar-refractivity contribution in [3.8, 4) is 5.69 Å². The number of benzene rings is 1. The fraction of sp³-hybridized carbons (Fsp3) is 0.235. The number of unbranched alkanes of at least 4 members (excludes halogenated alkanes) is 1. The fourth-order valence-electron chi connectivity index (χ4n) is 2.42. The van der Waals surface area contributed by atoms with Crippen LogP contribution < -0.4 is 5.32 Å². The highest BCUT2D eigenvalue weighted by Gasteiger charge is 2.13. The Hall–Kier alpha value is -3.49. The summed E-state index contributed by atoms with van der Waals surface area (Å²) < 4.78 is 3.25. The van der Waals surface area contributed by atoms with Gasteiger partial charge < -0.3 is 5.32 Å². The normalized spacial score (nSPS) is 10.7. The predicted molar refractivity (Wildman–Crippen MR) is 95.3 cm³/mol. The molecule has 9 heteroatoms. The van der Waals surface area contributed by atoms with Gasteiger partial charge in [0.15, 0.2) is 0 Å². The molecule has 134 valence electrons. The monoisotopic (exact) mass is 354 g/mol. The van der Waals surface area contributed by atoms with Crippen LogP contribution in [0.5, 0.6) is 0 Å². The van der Waals surface area contributed by atoms with Crippen LogP contribution in [-0.2, 0) is 6.54 Å². The Kier molecular flexibility index (Phi) is 5.07. The van der Waals surface area contributed by atoms with Crippen LogP contribution in [0.15, 0.2) is 48.9 Å². The van der Waals surface area contributed by atoms with Gasteiger partial charge in [0.1, 0.15) is 5.82 Å². The Morgan fingerprint density at radius 3 is 2.69 bits per heavy atom. The van der Waals surface area contributed by atoms with Crippen LogP contribution in [0.3, 0.4) is 0 Å². The van der Waals surface area contributed by atoms with Crippen LogP contribution in [0.2, 0.25) is 0 Å². The molecule has 1 aromatic carbocycles. The van der Waals surface area contributed by atoms with Crippen molar-refractivity contribution in [1.82, 2.24) is 19.6 Å². The number of carbonyl (C=O) groups excluding carboxylic acids is 1. The Morgan fingerprint density at radius 1 is 1.23 bits per heavy atom. The molecule has 0 saturated heterocycles. The molecule has 0 aliphatic heterocycles. The van der Waals surface area contributed by atoms with Gasteiger partial charge in [0.05, 0.1) is 28.6 Å². The van der Waals surface area contributed by atoms with Gasteiger partial charge >= 0.3 is 0 Å². The van der Waals surface area contributed by atoms with E-state index in [1.165, 1.54) is 23.0 Å². The topological polar surface area (TPSA) is 108 Å². The molecule has 0 aliphatic rings. The molecule has 3 rings (SSSR count).